The Kier molecular flexibility index (Phi) is 3.91. The van der Waals surface area contributed by atoms with Crippen molar-refractivity contribution in [2.45, 2.75) is 26.1 Å². The van der Waals surface area contributed by atoms with Crippen LogP contribution in [0, 0.1) is 11.7 Å². The smallest absolute Gasteiger partial charge is 0.183 e. The molecular formula is C13H17FO2. The fourth-order valence-corrected chi connectivity index (χ4v) is 1.93. The van der Waals surface area contributed by atoms with Crippen molar-refractivity contribution in [3.8, 4) is 0 Å². The minimum Gasteiger partial charge on any atom is -0.348 e. The first-order chi connectivity index (χ1) is 7.79. The molecule has 0 saturated carbocycles. The van der Waals surface area contributed by atoms with Crippen molar-refractivity contribution in [2.75, 3.05) is 13.2 Å². The van der Waals surface area contributed by atoms with Gasteiger partial charge in [0, 0.05) is 11.5 Å². The van der Waals surface area contributed by atoms with Crippen LogP contribution in [0.5, 0.6) is 0 Å². The number of benzene rings is 1. The highest BCUT2D eigenvalue weighted by molar-refractivity contribution is 5.17. The van der Waals surface area contributed by atoms with E-state index in [0.29, 0.717) is 5.92 Å². The van der Waals surface area contributed by atoms with Crippen LogP contribution in [0.2, 0.25) is 0 Å². The third-order valence-corrected chi connectivity index (χ3v) is 2.81. The van der Waals surface area contributed by atoms with Gasteiger partial charge in [-0.2, -0.15) is 0 Å². The Balaban J connectivity index is 1.91. The highest BCUT2D eigenvalue weighted by Gasteiger charge is 2.22. The van der Waals surface area contributed by atoms with Gasteiger partial charge in [-0.1, -0.05) is 25.5 Å². The average Bonchev–Trinajstić information content (AvgIpc) is 2.32. The molecule has 0 bridgehead atoms. The van der Waals surface area contributed by atoms with Crippen molar-refractivity contribution in [3.63, 3.8) is 0 Å². The van der Waals surface area contributed by atoms with E-state index in [0.717, 1.165) is 31.6 Å². The summed E-state index contributed by atoms with van der Waals surface area (Å²) in [5.41, 5.74) is 0.886. The third kappa shape index (κ3) is 2.80. The van der Waals surface area contributed by atoms with Gasteiger partial charge in [-0.25, -0.2) is 4.39 Å². The summed E-state index contributed by atoms with van der Waals surface area (Å²) < 4.78 is 24.0. The molecule has 0 amide bonds. The molecule has 0 radical (unpaired) electrons. The predicted molar refractivity (Wildman–Crippen MR) is 59.4 cm³/mol. The van der Waals surface area contributed by atoms with Gasteiger partial charge >= 0.3 is 0 Å². The molecule has 1 aromatic rings. The van der Waals surface area contributed by atoms with Gasteiger partial charge < -0.3 is 9.47 Å². The van der Waals surface area contributed by atoms with Crippen LogP contribution in [0.1, 0.15) is 31.6 Å². The molecule has 88 valence electrons. The van der Waals surface area contributed by atoms with Gasteiger partial charge in [0.1, 0.15) is 5.82 Å². The van der Waals surface area contributed by atoms with Gasteiger partial charge in [-0.15, -0.1) is 0 Å². The summed E-state index contributed by atoms with van der Waals surface area (Å²) in [6, 6.07) is 6.28. The summed E-state index contributed by atoms with van der Waals surface area (Å²) >= 11 is 0. The van der Waals surface area contributed by atoms with E-state index in [2.05, 4.69) is 6.92 Å². The summed E-state index contributed by atoms with van der Waals surface area (Å²) in [6.07, 6.45) is 1.96. The average molecular weight is 224 g/mol. The Labute approximate surface area is 95.4 Å². The van der Waals surface area contributed by atoms with Crippen molar-refractivity contribution >= 4 is 0 Å². The minimum absolute atomic E-state index is 0.233. The maximum atomic E-state index is 12.7. The lowest BCUT2D eigenvalue weighted by atomic mass is 10.1. The Morgan fingerprint density at radius 2 is 1.81 bits per heavy atom. The fraction of sp³-hybridized carbons (Fsp3) is 0.538. The number of rotatable bonds is 3. The molecular weight excluding hydrogens is 207 g/mol. The molecule has 2 nitrogen and oxygen atoms in total. The summed E-state index contributed by atoms with van der Waals surface area (Å²) in [5, 5.41) is 0. The number of ether oxygens (including phenoxy) is 2. The van der Waals surface area contributed by atoms with E-state index < -0.39 is 0 Å². The van der Waals surface area contributed by atoms with Gasteiger partial charge in [0.05, 0.1) is 13.2 Å². The lowest BCUT2D eigenvalue weighted by Crippen LogP contribution is -2.26. The minimum atomic E-state index is -0.325. The molecule has 0 N–H and O–H groups in total. The van der Waals surface area contributed by atoms with E-state index in [-0.39, 0.29) is 12.1 Å². The molecule has 0 spiro atoms. The molecule has 1 aliphatic rings. The molecule has 3 heteroatoms. The van der Waals surface area contributed by atoms with Gasteiger partial charge in [0.15, 0.2) is 6.29 Å². The molecule has 2 rings (SSSR count). The standard InChI is InChI=1S/C13H17FO2/c1-2-3-10-8-15-13(16-9-10)11-4-6-12(14)7-5-11/h4-7,10,13H,2-3,8-9H2,1H3. The van der Waals surface area contributed by atoms with E-state index in [1.807, 2.05) is 0 Å². The summed E-state index contributed by atoms with van der Waals surface area (Å²) in [5.74, 6) is 0.269. The van der Waals surface area contributed by atoms with Crippen molar-refractivity contribution < 1.29 is 13.9 Å². The first-order valence-corrected chi connectivity index (χ1v) is 5.78. The van der Waals surface area contributed by atoms with Crippen LogP contribution in [-0.4, -0.2) is 13.2 Å². The van der Waals surface area contributed by atoms with Crippen LogP contribution >= 0.6 is 0 Å². The molecule has 0 atom stereocenters. The molecule has 1 aromatic carbocycles. The molecule has 0 aliphatic carbocycles. The molecule has 0 aromatic heterocycles. The van der Waals surface area contributed by atoms with Crippen LogP contribution < -0.4 is 0 Å². The first kappa shape index (κ1) is 11.6. The highest BCUT2D eigenvalue weighted by Crippen LogP contribution is 2.26. The Morgan fingerprint density at radius 3 is 2.38 bits per heavy atom. The summed E-state index contributed by atoms with van der Waals surface area (Å²) in [7, 11) is 0. The molecule has 1 saturated heterocycles. The number of halogens is 1. The SMILES string of the molecule is CCCC1COC(c2ccc(F)cc2)OC1. The second-order valence-electron chi connectivity index (χ2n) is 4.20. The van der Waals surface area contributed by atoms with Gasteiger partial charge in [-0.3, -0.25) is 0 Å². The monoisotopic (exact) mass is 224 g/mol. The van der Waals surface area contributed by atoms with Crippen LogP contribution in [-0.2, 0) is 9.47 Å². The fourth-order valence-electron chi connectivity index (χ4n) is 1.93. The second kappa shape index (κ2) is 5.41. The lowest BCUT2D eigenvalue weighted by Gasteiger charge is -2.29. The van der Waals surface area contributed by atoms with Crippen molar-refractivity contribution in [1.29, 1.82) is 0 Å². The van der Waals surface area contributed by atoms with Crippen LogP contribution in [0.3, 0.4) is 0 Å². The zero-order chi connectivity index (χ0) is 11.4. The number of hydrogen-bond donors (Lipinski definition) is 0. The van der Waals surface area contributed by atoms with Gasteiger partial charge in [-0.05, 0) is 18.6 Å². The van der Waals surface area contributed by atoms with E-state index in [9.17, 15) is 4.39 Å². The normalized spacial score (nSPS) is 25.6. The van der Waals surface area contributed by atoms with Crippen LogP contribution in [0.4, 0.5) is 4.39 Å². The molecule has 0 unspecified atom stereocenters. The Morgan fingerprint density at radius 1 is 1.19 bits per heavy atom. The Hall–Kier alpha value is -0.930. The quantitative estimate of drug-likeness (QED) is 0.784. The van der Waals surface area contributed by atoms with Crippen molar-refractivity contribution in [3.05, 3.63) is 35.6 Å². The van der Waals surface area contributed by atoms with E-state index in [1.54, 1.807) is 12.1 Å². The molecule has 1 aliphatic heterocycles. The van der Waals surface area contributed by atoms with Crippen molar-refractivity contribution in [2.24, 2.45) is 5.92 Å². The molecule has 1 heterocycles. The highest BCUT2D eigenvalue weighted by atomic mass is 19.1. The topological polar surface area (TPSA) is 18.5 Å². The van der Waals surface area contributed by atoms with E-state index in [4.69, 9.17) is 9.47 Å². The summed E-state index contributed by atoms with van der Waals surface area (Å²) in [6.45, 7) is 3.62. The third-order valence-electron chi connectivity index (χ3n) is 2.81. The zero-order valence-electron chi connectivity index (χ0n) is 9.49. The largest absolute Gasteiger partial charge is 0.348 e. The second-order valence-corrected chi connectivity index (χ2v) is 4.20. The van der Waals surface area contributed by atoms with Gasteiger partial charge in [0.25, 0.3) is 0 Å². The Bertz CT molecular complexity index is 315. The predicted octanol–water partition coefficient (Wildman–Crippen LogP) is 3.29. The maximum absolute atomic E-state index is 12.7. The van der Waals surface area contributed by atoms with E-state index in [1.165, 1.54) is 12.1 Å². The summed E-state index contributed by atoms with van der Waals surface area (Å²) in [4.78, 5) is 0. The number of hydrogen-bond acceptors (Lipinski definition) is 2. The van der Waals surface area contributed by atoms with E-state index >= 15 is 0 Å². The first-order valence-electron chi connectivity index (χ1n) is 5.78. The zero-order valence-corrected chi connectivity index (χ0v) is 9.49. The van der Waals surface area contributed by atoms with Gasteiger partial charge in [0.2, 0.25) is 0 Å². The molecule has 16 heavy (non-hydrogen) atoms. The van der Waals surface area contributed by atoms with Crippen molar-refractivity contribution in [1.82, 2.24) is 0 Å². The molecule has 1 fully saturated rings. The lowest BCUT2D eigenvalue weighted by molar-refractivity contribution is -0.206. The van der Waals surface area contributed by atoms with Crippen LogP contribution in [0.25, 0.3) is 0 Å². The maximum Gasteiger partial charge on any atom is 0.183 e. The van der Waals surface area contributed by atoms with Crippen LogP contribution in [0.15, 0.2) is 24.3 Å².